The van der Waals surface area contributed by atoms with Crippen LogP contribution in [0, 0.1) is 5.82 Å². The lowest BCUT2D eigenvalue weighted by Gasteiger charge is -2.05. The van der Waals surface area contributed by atoms with E-state index in [1.807, 2.05) is 13.2 Å². The summed E-state index contributed by atoms with van der Waals surface area (Å²) in [6.45, 7) is 0.387. The topological polar surface area (TPSA) is 29.9 Å². The van der Waals surface area contributed by atoms with Gasteiger partial charge in [-0.25, -0.2) is 4.39 Å². The summed E-state index contributed by atoms with van der Waals surface area (Å²) in [5.41, 5.74) is 1.39. The van der Waals surface area contributed by atoms with Gasteiger partial charge in [-0.15, -0.1) is 0 Å². The van der Waals surface area contributed by atoms with Crippen LogP contribution in [0.3, 0.4) is 0 Å². The van der Waals surface area contributed by atoms with Crippen LogP contribution in [0.15, 0.2) is 30.6 Å². The van der Waals surface area contributed by atoms with Crippen molar-refractivity contribution >= 4 is 17.3 Å². The van der Waals surface area contributed by atoms with Crippen molar-refractivity contribution in [2.75, 3.05) is 5.32 Å². The third kappa shape index (κ3) is 2.33. The van der Waals surface area contributed by atoms with Crippen LogP contribution in [-0.2, 0) is 13.6 Å². The van der Waals surface area contributed by atoms with Crippen LogP contribution >= 0.6 is 11.6 Å². The van der Waals surface area contributed by atoms with Crippen molar-refractivity contribution < 1.29 is 4.39 Å². The Hall–Kier alpha value is -1.55. The summed E-state index contributed by atoms with van der Waals surface area (Å²) in [4.78, 5) is 0. The summed E-state index contributed by atoms with van der Waals surface area (Å²) in [5, 5.41) is 7.22. The van der Waals surface area contributed by atoms with Gasteiger partial charge in [0.15, 0.2) is 0 Å². The van der Waals surface area contributed by atoms with E-state index in [2.05, 4.69) is 10.4 Å². The van der Waals surface area contributed by atoms with E-state index in [4.69, 9.17) is 11.6 Å². The van der Waals surface area contributed by atoms with E-state index in [-0.39, 0.29) is 10.8 Å². The second-order valence-corrected chi connectivity index (χ2v) is 3.88. The molecule has 0 amide bonds. The summed E-state index contributed by atoms with van der Waals surface area (Å²) >= 11 is 5.68. The molecule has 16 heavy (non-hydrogen) atoms. The number of halogens is 2. The van der Waals surface area contributed by atoms with Crippen LogP contribution in [0.5, 0.6) is 0 Å². The van der Waals surface area contributed by atoms with E-state index >= 15 is 0 Å². The second-order valence-electron chi connectivity index (χ2n) is 3.47. The molecule has 0 radical (unpaired) electrons. The number of rotatable bonds is 3. The first-order valence-electron chi connectivity index (χ1n) is 4.82. The van der Waals surface area contributed by atoms with Gasteiger partial charge in [0.1, 0.15) is 5.82 Å². The van der Waals surface area contributed by atoms with E-state index in [1.165, 1.54) is 6.07 Å². The van der Waals surface area contributed by atoms with Crippen LogP contribution in [-0.4, -0.2) is 9.78 Å². The average Bonchev–Trinajstić information content (AvgIpc) is 2.67. The predicted molar refractivity (Wildman–Crippen MR) is 61.9 cm³/mol. The molecule has 1 aromatic carbocycles. The Labute approximate surface area is 97.8 Å². The number of hydrogen-bond donors (Lipinski definition) is 1. The quantitative estimate of drug-likeness (QED) is 0.893. The van der Waals surface area contributed by atoms with Gasteiger partial charge in [0, 0.05) is 25.4 Å². The van der Waals surface area contributed by atoms with Crippen LogP contribution in [0.25, 0.3) is 0 Å². The molecule has 2 aromatic rings. The number of nitrogens with zero attached hydrogens (tertiary/aromatic N) is 2. The fourth-order valence-corrected chi connectivity index (χ4v) is 1.59. The number of anilines is 1. The molecule has 1 heterocycles. The fraction of sp³-hybridized carbons (Fsp3) is 0.182. The van der Waals surface area contributed by atoms with Gasteiger partial charge in [-0.1, -0.05) is 23.7 Å². The molecule has 2 rings (SSSR count). The Morgan fingerprint density at radius 2 is 2.31 bits per heavy atom. The maximum atomic E-state index is 13.5. The maximum absolute atomic E-state index is 13.5. The molecule has 0 atom stereocenters. The smallest absolute Gasteiger partial charge is 0.146 e. The summed E-state index contributed by atoms with van der Waals surface area (Å²) in [7, 11) is 1.82. The van der Waals surface area contributed by atoms with Gasteiger partial charge in [-0.2, -0.15) is 5.10 Å². The predicted octanol–water partition coefficient (Wildman–Crippen LogP) is 2.82. The molecule has 0 aliphatic carbocycles. The molecule has 0 fully saturated rings. The Balaban J connectivity index is 2.07. The molecule has 1 N–H and O–H groups in total. The number of benzene rings is 1. The maximum Gasteiger partial charge on any atom is 0.146 e. The van der Waals surface area contributed by atoms with Gasteiger partial charge >= 0.3 is 0 Å². The van der Waals surface area contributed by atoms with E-state index in [1.54, 1.807) is 23.0 Å². The van der Waals surface area contributed by atoms with E-state index < -0.39 is 0 Å². The molecular formula is C11H11ClFN3. The Bertz CT molecular complexity index is 496. The molecule has 3 nitrogen and oxygen atoms in total. The Morgan fingerprint density at radius 3 is 3.00 bits per heavy atom. The lowest BCUT2D eigenvalue weighted by molar-refractivity contribution is 0.613. The second kappa shape index (κ2) is 4.53. The van der Waals surface area contributed by atoms with Gasteiger partial charge in [-0.05, 0) is 6.07 Å². The van der Waals surface area contributed by atoms with Crippen molar-refractivity contribution in [1.29, 1.82) is 0 Å². The van der Waals surface area contributed by atoms with Crippen LogP contribution in [0.1, 0.15) is 5.56 Å². The summed E-state index contributed by atoms with van der Waals surface area (Å²) in [6, 6.07) is 4.96. The minimum absolute atomic E-state index is 0.144. The highest BCUT2D eigenvalue weighted by atomic mass is 35.5. The molecule has 0 aliphatic rings. The monoisotopic (exact) mass is 239 g/mol. The first-order valence-corrected chi connectivity index (χ1v) is 5.20. The van der Waals surface area contributed by atoms with Crippen LogP contribution < -0.4 is 5.32 Å². The van der Waals surface area contributed by atoms with E-state index in [0.29, 0.717) is 12.1 Å². The molecule has 84 valence electrons. The highest BCUT2D eigenvalue weighted by molar-refractivity contribution is 6.30. The zero-order chi connectivity index (χ0) is 11.5. The standard InChI is InChI=1S/C11H11ClFN3/c1-16-7-9(6-15-16)14-5-8-3-2-4-10(12)11(8)13/h2-4,6-7,14H,5H2,1H3. The average molecular weight is 240 g/mol. The molecule has 1 aromatic heterocycles. The van der Waals surface area contributed by atoms with Crippen molar-refractivity contribution in [3.63, 3.8) is 0 Å². The molecule has 0 saturated carbocycles. The van der Waals surface area contributed by atoms with Crippen LogP contribution in [0.2, 0.25) is 5.02 Å². The van der Waals surface area contributed by atoms with Crippen LogP contribution in [0.4, 0.5) is 10.1 Å². The van der Waals surface area contributed by atoms with Crippen molar-refractivity contribution in [3.8, 4) is 0 Å². The summed E-state index contributed by atoms with van der Waals surface area (Å²) in [6.07, 6.45) is 3.50. The molecule has 0 spiro atoms. The number of aryl methyl sites for hydroxylation is 1. The van der Waals surface area contributed by atoms with E-state index in [0.717, 1.165) is 5.69 Å². The molecule has 0 unspecified atom stereocenters. The molecular weight excluding hydrogens is 229 g/mol. The first-order chi connectivity index (χ1) is 7.66. The fourth-order valence-electron chi connectivity index (χ4n) is 1.39. The highest BCUT2D eigenvalue weighted by Crippen LogP contribution is 2.18. The molecule has 0 aliphatic heterocycles. The molecule has 0 saturated heterocycles. The minimum Gasteiger partial charge on any atom is -0.378 e. The van der Waals surface area contributed by atoms with Crippen molar-refractivity contribution in [1.82, 2.24) is 9.78 Å². The largest absolute Gasteiger partial charge is 0.378 e. The lowest BCUT2D eigenvalue weighted by atomic mass is 10.2. The SMILES string of the molecule is Cn1cc(NCc2cccc(Cl)c2F)cn1. The minimum atomic E-state index is -0.374. The summed E-state index contributed by atoms with van der Waals surface area (Å²) in [5.74, 6) is -0.374. The van der Waals surface area contributed by atoms with Gasteiger partial charge in [0.05, 0.1) is 16.9 Å². The number of aromatic nitrogens is 2. The molecule has 5 heteroatoms. The summed E-state index contributed by atoms with van der Waals surface area (Å²) < 4.78 is 15.2. The van der Waals surface area contributed by atoms with Crippen molar-refractivity contribution in [3.05, 3.63) is 47.0 Å². The van der Waals surface area contributed by atoms with Gasteiger partial charge in [0.25, 0.3) is 0 Å². The van der Waals surface area contributed by atoms with Gasteiger partial charge < -0.3 is 5.32 Å². The Morgan fingerprint density at radius 1 is 1.50 bits per heavy atom. The number of nitrogens with one attached hydrogen (secondary N) is 1. The third-order valence-electron chi connectivity index (χ3n) is 2.22. The van der Waals surface area contributed by atoms with Gasteiger partial charge in [-0.3, -0.25) is 4.68 Å². The van der Waals surface area contributed by atoms with Gasteiger partial charge in [0.2, 0.25) is 0 Å². The number of hydrogen-bond acceptors (Lipinski definition) is 2. The van der Waals surface area contributed by atoms with Crippen molar-refractivity contribution in [2.24, 2.45) is 7.05 Å². The highest BCUT2D eigenvalue weighted by Gasteiger charge is 2.05. The Kier molecular flexibility index (Phi) is 3.10. The zero-order valence-electron chi connectivity index (χ0n) is 8.74. The third-order valence-corrected chi connectivity index (χ3v) is 2.51. The normalized spacial score (nSPS) is 10.4. The van der Waals surface area contributed by atoms with Crippen molar-refractivity contribution in [2.45, 2.75) is 6.54 Å². The lowest BCUT2D eigenvalue weighted by Crippen LogP contribution is -2.01. The zero-order valence-corrected chi connectivity index (χ0v) is 9.50. The molecule has 0 bridgehead atoms. The van der Waals surface area contributed by atoms with E-state index in [9.17, 15) is 4.39 Å². The first kappa shape index (κ1) is 11.0.